The number of benzene rings is 4. The third-order valence-electron chi connectivity index (χ3n) is 6.02. The molecule has 1 aromatic heterocycles. The van der Waals surface area contributed by atoms with E-state index in [1.807, 2.05) is 48.5 Å². The zero-order valence-electron chi connectivity index (χ0n) is 18.5. The average molecular weight is 457 g/mol. The Labute approximate surface area is 195 Å². The second kappa shape index (κ2) is 8.75. The van der Waals surface area contributed by atoms with Crippen molar-refractivity contribution in [3.05, 3.63) is 114 Å². The van der Waals surface area contributed by atoms with Crippen LogP contribution in [0.15, 0.2) is 103 Å². The number of fused-ring (bicyclic) bond motifs is 1. The minimum atomic E-state index is -4.35. The average Bonchev–Trinajstić information content (AvgIpc) is 3.27. The maximum atomic E-state index is 13.0. The van der Waals surface area contributed by atoms with Crippen molar-refractivity contribution in [2.45, 2.75) is 12.7 Å². The number of rotatable bonds is 5. The van der Waals surface area contributed by atoms with Crippen LogP contribution in [0.5, 0.6) is 5.75 Å². The molecule has 0 spiro atoms. The highest BCUT2D eigenvalue weighted by atomic mass is 19.4. The van der Waals surface area contributed by atoms with E-state index >= 15 is 0 Å². The summed E-state index contributed by atoms with van der Waals surface area (Å²) in [6.07, 6.45) is -4.35. The van der Waals surface area contributed by atoms with Gasteiger partial charge < -0.3 is 9.30 Å². The van der Waals surface area contributed by atoms with Crippen LogP contribution < -0.4 is 4.74 Å². The van der Waals surface area contributed by atoms with E-state index < -0.39 is 11.7 Å². The summed E-state index contributed by atoms with van der Waals surface area (Å²) < 4.78 is 46.6. The van der Waals surface area contributed by atoms with E-state index in [4.69, 9.17) is 4.74 Å². The molecule has 0 aliphatic heterocycles. The van der Waals surface area contributed by atoms with Crippen LogP contribution in [0, 0.1) is 0 Å². The second-order valence-corrected chi connectivity index (χ2v) is 8.18. The summed E-state index contributed by atoms with van der Waals surface area (Å²) >= 11 is 0. The first-order valence-electron chi connectivity index (χ1n) is 10.9. The fourth-order valence-corrected chi connectivity index (χ4v) is 4.24. The van der Waals surface area contributed by atoms with Gasteiger partial charge >= 0.3 is 6.18 Å². The normalized spacial score (nSPS) is 11.6. The minimum Gasteiger partial charge on any atom is -0.497 e. The molecule has 0 aliphatic carbocycles. The molecule has 1 heterocycles. The molecule has 5 heteroatoms. The number of hydrogen-bond donors (Lipinski definition) is 0. The predicted molar refractivity (Wildman–Crippen MR) is 130 cm³/mol. The number of hydrogen-bond acceptors (Lipinski definition) is 1. The summed E-state index contributed by atoms with van der Waals surface area (Å²) in [5.74, 6) is 0.803. The minimum absolute atomic E-state index is 0.450. The molecular formula is C29H22F3NO. The lowest BCUT2D eigenvalue weighted by Crippen LogP contribution is -2.07. The molecule has 5 rings (SSSR count). The fourth-order valence-electron chi connectivity index (χ4n) is 4.24. The Balaban J connectivity index is 1.59. The number of alkyl halides is 3. The van der Waals surface area contributed by atoms with E-state index in [1.54, 1.807) is 19.2 Å². The Morgan fingerprint density at radius 2 is 1.32 bits per heavy atom. The van der Waals surface area contributed by atoms with Crippen molar-refractivity contribution in [2.24, 2.45) is 0 Å². The van der Waals surface area contributed by atoms with Gasteiger partial charge in [0.15, 0.2) is 0 Å². The van der Waals surface area contributed by atoms with Crippen molar-refractivity contribution in [3.8, 4) is 28.3 Å². The third-order valence-corrected chi connectivity index (χ3v) is 6.02. The monoisotopic (exact) mass is 457 g/mol. The Hall–Kier alpha value is -3.99. The topological polar surface area (TPSA) is 14.2 Å². The Morgan fingerprint density at radius 1 is 0.676 bits per heavy atom. The van der Waals surface area contributed by atoms with Crippen LogP contribution >= 0.6 is 0 Å². The van der Waals surface area contributed by atoms with Gasteiger partial charge in [-0.2, -0.15) is 13.2 Å². The molecule has 4 aromatic carbocycles. The van der Waals surface area contributed by atoms with Gasteiger partial charge in [-0.25, -0.2) is 0 Å². The second-order valence-electron chi connectivity index (χ2n) is 8.18. The van der Waals surface area contributed by atoms with Crippen LogP contribution in [0.4, 0.5) is 13.2 Å². The fraction of sp³-hybridized carbons (Fsp3) is 0.103. The maximum absolute atomic E-state index is 13.0. The van der Waals surface area contributed by atoms with Gasteiger partial charge in [0.1, 0.15) is 5.75 Å². The highest BCUT2D eigenvalue weighted by Crippen LogP contribution is 2.33. The molecule has 0 bridgehead atoms. The van der Waals surface area contributed by atoms with Crippen molar-refractivity contribution in [2.75, 3.05) is 7.11 Å². The number of nitrogens with zero attached hydrogens (tertiary/aromatic N) is 1. The molecule has 0 saturated carbocycles. The molecule has 2 nitrogen and oxygen atoms in total. The van der Waals surface area contributed by atoms with Crippen LogP contribution in [0.3, 0.4) is 0 Å². The van der Waals surface area contributed by atoms with Crippen LogP contribution in [0.25, 0.3) is 33.3 Å². The molecule has 170 valence electrons. The molecule has 34 heavy (non-hydrogen) atoms. The van der Waals surface area contributed by atoms with Gasteiger partial charge in [-0.3, -0.25) is 0 Å². The van der Waals surface area contributed by atoms with Gasteiger partial charge in [-0.1, -0.05) is 60.7 Å². The van der Waals surface area contributed by atoms with Crippen molar-refractivity contribution in [1.82, 2.24) is 4.57 Å². The lowest BCUT2D eigenvalue weighted by molar-refractivity contribution is -0.137. The van der Waals surface area contributed by atoms with Gasteiger partial charge in [0, 0.05) is 17.9 Å². The third kappa shape index (κ3) is 4.29. The summed E-state index contributed by atoms with van der Waals surface area (Å²) in [7, 11) is 1.65. The summed E-state index contributed by atoms with van der Waals surface area (Å²) in [6.45, 7) is 0.450. The van der Waals surface area contributed by atoms with E-state index in [1.165, 1.54) is 0 Å². The lowest BCUT2D eigenvalue weighted by atomic mass is 10.0. The molecular weight excluding hydrogens is 435 g/mol. The first kappa shape index (κ1) is 21.8. The van der Waals surface area contributed by atoms with Crippen molar-refractivity contribution in [1.29, 1.82) is 0 Å². The molecule has 0 amide bonds. The molecule has 0 saturated heterocycles. The molecule has 0 unspecified atom stereocenters. The smallest absolute Gasteiger partial charge is 0.416 e. The zero-order chi connectivity index (χ0) is 23.7. The predicted octanol–water partition coefficient (Wildman–Crippen LogP) is 8.05. The molecule has 0 atom stereocenters. The Kier molecular flexibility index (Phi) is 5.62. The van der Waals surface area contributed by atoms with Crippen molar-refractivity contribution < 1.29 is 17.9 Å². The SMILES string of the molecule is COc1ccc2cc(-c3ccc(-c4ccccc4)n3Cc3ccc(C(F)(F)F)cc3)ccc2c1. The summed E-state index contributed by atoms with van der Waals surface area (Å²) in [5, 5.41) is 2.16. The summed E-state index contributed by atoms with van der Waals surface area (Å²) in [5.41, 5.74) is 4.24. The standard InChI is InChI=1S/C29H22F3NO/c1-34-26-14-11-22-17-24(10-9-23(22)18-26)28-16-15-27(21-5-3-2-4-6-21)33(28)19-20-7-12-25(13-8-20)29(30,31)32/h2-18H,19H2,1H3. The van der Waals surface area contributed by atoms with Crippen LogP contribution in [0.2, 0.25) is 0 Å². The van der Waals surface area contributed by atoms with E-state index in [9.17, 15) is 13.2 Å². The van der Waals surface area contributed by atoms with Gasteiger partial charge in [0.25, 0.3) is 0 Å². The van der Waals surface area contributed by atoms with Crippen molar-refractivity contribution in [3.63, 3.8) is 0 Å². The number of halogens is 3. The van der Waals surface area contributed by atoms with Gasteiger partial charge in [0.05, 0.1) is 12.7 Å². The quantitative estimate of drug-likeness (QED) is 0.260. The molecule has 5 aromatic rings. The molecule has 0 fully saturated rings. The number of aromatic nitrogens is 1. The van der Waals surface area contributed by atoms with Gasteiger partial charge in [-0.05, 0) is 69.9 Å². The highest BCUT2D eigenvalue weighted by molar-refractivity contribution is 5.88. The van der Waals surface area contributed by atoms with Gasteiger partial charge in [0.2, 0.25) is 0 Å². The zero-order valence-corrected chi connectivity index (χ0v) is 18.5. The molecule has 0 radical (unpaired) electrons. The maximum Gasteiger partial charge on any atom is 0.416 e. The van der Waals surface area contributed by atoms with Crippen LogP contribution in [0.1, 0.15) is 11.1 Å². The first-order chi connectivity index (χ1) is 16.4. The largest absolute Gasteiger partial charge is 0.497 e. The van der Waals surface area contributed by atoms with Crippen LogP contribution in [-0.4, -0.2) is 11.7 Å². The first-order valence-corrected chi connectivity index (χ1v) is 10.9. The van der Waals surface area contributed by atoms with Crippen LogP contribution in [-0.2, 0) is 12.7 Å². The Morgan fingerprint density at radius 3 is 2.00 bits per heavy atom. The molecule has 0 N–H and O–H groups in total. The Bertz CT molecular complexity index is 1430. The van der Waals surface area contributed by atoms with E-state index in [0.29, 0.717) is 6.54 Å². The van der Waals surface area contributed by atoms with Crippen molar-refractivity contribution >= 4 is 10.8 Å². The van der Waals surface area contributed by atoms with E-state index in [0.717, 1.165) is 56.7 Å². The summed E-state index contributed by atoms with van der Waals surface area (Å²) in [4.78, 5) is 0. The van der Waals surface area contributed by atoms with E-state index in [-0.39, 0.29) is 0 Å². The molecule has 0 aliphatic rings. The lowest BCUT2D eigenvalue weighted by Gasteiger charge is -2.16. The van der Waals surface area contributed by atoms with E-state index in [2.05, 4.69) is 34.9 Å². The highest BCUT2D eigenvalue weighted by Gasteiger charge is 2.30. The summed E-state index contributed by atoms with van der Waals surface area (Å²) in [6, 6.07) is 31.7. The number of methoxy groups -OCH3 is 1. The van der Waals surface area contributed by atoms with Gasteiger partial charge in [-0.15, -0.1) is 0 Å². The number of ether oxygens (including phenoxy) is 1.